The summed E-state index contributed by atoms with van der Waals surface area (Å²) in [4.78, 5) is 24.6. The Balaban J connectivity index is 1.28. The molecule has 2 N–H and O–H groups in total. The zero-order valence-corrected chi connectivity index (χ0v) is 23.8. The Hall–Kier alpha value is -4.03. The minimum absolute atomic E-state index is 0.0907. The molecule has 0 spiro atoms. The average Bonchev–Trinajstić information content (AvgIpc) is 2.97. The van der Waals surface area contributed by atoms with Crippen molar-refractivity contribution in [2.75, 3.05) is 37.8 Å². The number of carbonyl (C=O) groups excluding carboxylic acids is 1. The highest BCUT2D eigenvalue weighted by Crippen LogP contribution is 2.42. The summed E-state index contributed by atoms with van der Waals surface area (Å²) in [6.45, 7) is 4.11. The highest BCUT2D eigenvalue weighted by molar-refractivity contribution is 6.04. The number of hydrogen-bond acceptors (Lipinski definition) is 5. The standard InChI is InChI=1S/C34H39N5O/c1-4-9-24-12-14-26(15-13-24)33(40)37-28-18-16-25(17-19-28)31-22-27-23-36-34(35-20-7-8-21-39(2)3)38-32(27)30-11-6-5-10-29(30)31/h5-6,10-19,23,31H,4,7-9,20-22H2,1-3H3,(H,37,40)(H,35,36,38). The van der Waals surface area contributed by atoms with Crippen molar-refractivity contribution in [2.24, 2.45) is 0 Å². The van der Waals surface area contributed by atoms with Crippen LogP contribution in [0.1, 0.15) is 64.7 Å². The molecule has 6 heteroatoms. The van der Waals surface area contributed by atoms with Crippen molar-refractivity contribution in [1.29, 1.82) is 0 Å². The molecule has 1 aliphatic rings. The van der Waals surface area contributed by atoms with E-state index in [4.69, 9.17) is 4.98 Å². The monoisotopic (exact) mass is 533 g/mol. The number of rotatable bonds is 11. The number of nitrogens with zero attached hydrogens (tertiary/aromatic N) is 3. The number of hydrogen-bond donors (Lipinski definition) is 2. The van der Waals surface area contributed by atoms with E-state index in [1.165, 1.54) is 16.7 Å². The first-order valence-corrected chi connectivity index (χ1v) is 14.4. The maximum atomic E-state index is 12.8. The predicted octanol–water partition coefficient (Wildman–Crippen LogP) is 6.79. The molecule has 5 rings (SSSR count). The molecule has 0 bridgehead atoms. The van der Waals surface area contributed by atoms with Crippen molar-refractivity contribution in [2.45, 2.75) is 44.9 Å². The minimum Gasteiger partial charge on any atom is -0.354 e. The van der Waals surface area contributed by atoms with Crippen LogP contribution in [0.4, 0.5) is 11.6 Å². The van der Waals surface area contributed by atoms with Gasteiger partial charge in [-0.05, 0) is 92.8 Å². The average molecular weight is 534 g/mol. The molecular weight excluding hydrogens is 494 g/mol. The quantitative estimate of drug-likeness (QED) is 0.208. The largest absolute Gasteiger partial charge is 0.354 e. The second-order valence-electron chi connectivity index (χ2n) is 10.9. The third-order valence-electron chi connectivity index (χ3n) is 7.52. The number of carbonyl (C=O) groups is 1. The molecular formula is C34H39N5O. The number of fused-ring (bicyclic) bond motifs is 3. The molecule has 1 amide bonds. The second-order valence-corrected chi connectivity index (χ2v) is 10.9. The smallest absolute Gasteiger partial charge is 0.255 e. The molecule has 4 aromatic rings. The van der Waals surface area contributed by atoms with Gasteiger partial charge < -0.3 is 15.5 Å². The van der Waals surface area contributed by atoms with E-state index in [0.717, 1.165) is 67.7 Å². The summed E-state index contributed by atoms with van der Waals surface area (Å²) in [5, 5.41) is 6.45. The van der Waals surface area contributed by atoms with Gasteiger partial charge in [0.05, 0.1) is 5.69 Å². The lowest BCUT2D eigenvalue weighted by molar-refractivity contribution is 0.102. The molecule has 1 heterocycles. The molecule has 206 valence electrons. The molecule has 6 nitrogen and oxygen atoms in total. The molecule has 0 aliphatic heterocycles. The molecule has 0 fully saturated rings. The van der Waals surface area contributed by atoms with Gasteiger partial charge in [-0.3, -0.25) is 4.79 Å². The Labute approximate surface area is 237 Å². The van der Waals surface area contributed by atoms with Gasteiger partial charge in [-0.15, -0.1) is 0 Å². The summed E-state index contributed by atoms with van der Waals surface area (Å²) in [5.74, 6) is 0.803. The summed E-state index contributed by atoms with van der Waals surface area (Å²) >= 11 is 0. The van der Waals surface area contributed by atoms with Crippen molar-refractivity contribution >= 4 is 17.5 Å². The lowest BCUT2D eigenvalue weighted by Gasteiger charge is -2.27. The van der Waals surface area contributed by atoms with Gasteiger partial charge in [-0.1, -0.05) is 61.9 Å². The van der Waals surface area contributed by atoms with Gasteiger partial charge in [-0.2, -0.15) is 0 Å². The molecule has 1 aliphatic carbocycles. The maximum Gasteiger partial charge on any atom is 0.255 e. The third-order valence-corrected chi connectivity index (χ3v) is 7.52. The fraction of sp³-hybridized carbons (Fsp3) is 0.324. The number of unbranched alkanes of at least 4 members (excludes halogenated alkanes) is 1. The number of aromatic nitrogens is 2. The molecule has 3 aromatic carbocycles. The van der Waals surface area contributed by atoms with Crippen molar-refractivity contribution in [3.63, 3.8) is 0 Å². The van der Waals surface area contributed by atoms with E-state index in [2.05, 4.69) is 77.9 Å². The fourth-order valence-corrected chi connectivity index (χ4v) is 5.39. The number of amides is 1. The van der Waals surface area contributed by atoms with Crippen LogP contribution in [0, 0.1) is 0 Å². The van der Waals surface area contributed by atoms with Gasteiger partial charge in [0, 0.05) is 35.5 Å². The van der Waals surface area contributed by atoms with E-state index < -0.39 is 0 Å². The van der Waals surface area contributed by atoms with Crippen LogP contribution in [-0.4, -0.2) is 48.0 Å². The van der Waals surface area contributed by atoms with Gasteiger partial charge in [0.1, 0.15) is 0 Å². The zero-order valence-electron chi connectivity index (χ0n) is 23.8. The fourth-order valence-electron chi connectivity index (χ4n) is 5.39. The van der Waals surface area contributed by atoms with E-state index in [-0.39, 0.29) is 11.8 Å². The molecule has 0 radical (unpaired) electrons. The summed E-state index contributed by atoms with van der Waals surface area (Å²) in [6, 6.07) is 24.7. The van der Waals surface area contributed by atoms with E-state index in [0.29, 0.717) is 11.5 Å². The highest BCUT2D eigenvalue weighted by atomic mass is 16.1. The van der Waals surface area contributed by atoms with Crippen molar-refractivity contribution in [1.82, 2.24) is 14.9 Å². The molecule has 0 saturated heterocycles. The number of benzene rings is 3. The lowest BCUT2D eigenvalue weighted by Crippen LogP contribution is -2.17. The van der Waals surface area contributed by atoms with Gasteiger partial charge in [0.15, 0.2) is 0 Å². The molecule has 1 unspecified atom stereocenters. The van der Waals surface area contributed by atoms with E-state index in [9.17, 15) is 4.79 Å². The zero-order chi connectivity index (χ0) is 27.9. The van der Waals surface area contributed by atoms with Crippen molar-refractivity contribution < 1.29 is 4.79 Å². The van der Waals surface area contributed by atoms with Crippen LogP contribution in [0.15, 0.2) is 79.0 Å². The van der Waals surface area contributed by atoms with E-state index in [1.807, 2.05) is 42.6 Å². The maximum absolute atomic E-state index is 12.8. The van der Waals surface area contributed by atoms with Crippen LogP contribution in [-0.2, 0) is 12.8 Å². The molecule has 40 heavy (non-hydrogen) atoms. The van der Waals surface area contributed by atoms with E-state index >= 15 is 0 Å². The Kier molecular flexibility index (Phi) is 8.87. The van der Waals surface area contributed by atoms with Gasteiger partial charge >= 0.3 is 0 Å². The van der Waals surface area contributed by atoms with Gasteiger partial charge in [0.2, 0.25) is 5.95 Å². The summed E-state index contributed by atoms with van der Waals surface area (Å²) < 4.78 is 0. The van der Waals surface area contributed by atoms with Crippen molar-refractivity contribution in [3.8, 4) is 11.3 Å². The molecule has 1 atom stereocenters. The van der Waals surface area contributed by atoms with Crippen LogP contribution in [0.25, 0.3) is 11.3 Å². The number of anilines is 2. The van der Waals surface area contributed by atoms with Gasteiger partial charge in [0.25, 0.3) is 5.91 Å². The highest BCUT2D eigenvalue weighted by Gasteiger charge is 2.27. The first-order valence-electron chi connectivity index (χ1n) is 14.4. The Morgan fingerprint density at radius 1 is 0.975 bits per heavy atom. The number of nitrogens with one attached hydrogen (secondary N) is 2. The van der Waals surface area contributed by atoms with Crippen LogP contribution < -0.4 is 10.6 Å². The van der Waals surface area contributed by atoms with Gasteiger partial charge in [-0.25, -0.2) is 9.97 Å². The van der Waals surface area contributed by atoms with Crippen LogP contribution in [0.3, 0.4) is 0 Å². The Morgan fingerprint density at radius 2 is 1.75 bits per heavy atom. The van der Waals surface area contributed by atoms with Crippen molar-refractivity contribution in [3.05, 3.63) is 107 Å². The molecule has 1 aromatic heterocycles. The SMILES string of the molecule is CCCc1ccc(C(=O)Nc2ccc(C3Cc4cnc(NCCCCN(C)C)nc4-c4ccccc43)cc2)cc1. The molecule has 0 saturated carbocycles. The van der Waals surface area contributed by atoms with Crippen LogP contribution >= 0.6 is 0 Å². The summed E-state index contributed by atoms with van der Waals surface area (Å²) in [5.41, 5.74) is 8.54. The third kappa shape index (κ3) is 6.57. The van der Waals surface area contributed by atoms with Crippen LogP contribution in [0.2, 0.25) is 0 Å². The van der Waals surface area contributed by atoms with Crippen LogP contribution in [0.5, 0.6) is 0 Å². The first-order chi connectivity index (χ1) is 19.5. The predicted molar refractivity (Wildman–Crippen MR) is 164 cm³/mol. The van der Waals surface area contributed by atoms with E-state index in [1.54, 1.807) is 0 Å². The number of aryl methyl sites for hydroxylation is 1. The summed E-state index contributed by atoms with van der Waals surface area (Å²) in [6.07, 6.45) is 7.17. The Morgan fingerprint density at radius 3 is 2.50 bits per heavy atom. The first kappa shape index (κ1) is 27.5. The normalized spacial score (nSPS) is 13.9. The second kappa shape index (κ2) is 12.9. The summed E-state index contributed by atoms with van der Waals surface area (Å²) in [7, 11) is 4.20. The minimum atomic E-state index is -0.0907. The lowest BCUT2D eigenvalue weighted by atomic mass is 9.78. The topological polar surface area (TPSA) is 70.2 Å². The Bertz CT molecular complexity index is 1430.